The van der Waals surface area contributed by atoms with Crippen molar-refractivity contribution in [3.05, 3.63) is 29.3 Å². The number of nitrogens with zero attached hydrogens (tertiary/aromatic N) is 2. The second kappa shape index (κ2) is 7.59. The van der Waals surface area contributed by atoms with Crippen LogP contribution in [-0.4, -0.2) is 41.5 Å². The number of likely N-dealkylation sites (N-methyl/N-ethyl adjacent to an activating group) is 1. The Bertz CT molecular complexity index is 494. The molecule has 20 heavy (non-hydrogen) atoms. The summed E-state index contributed by atoms with van der Waals surface area (Å²) in [6, 6.07) is 6.84. The maximum atomic E-state index is 12.1. The second-order valence-electron chi connectivity index (χ2n) is 4.32. The number of amidine groups is 1. The van der Waals surface area contributed by atoms with E-state index in [1.165, 1.54) is 4.90 Å². The Morgan fingerprint density at radius 2 is 2.30 bits per heavy atom. The van der Waals surface area contributed by atoms with Gasteiger partial charge in [0.1, 0.15) is 11.6 Å². The molecular weight excluding hydrogens is 282 g/mol. The number of ether oxygens (including phenoxy) is 1. The number of benzene rings is 1. The minimum Gasteiger partial charge on any atom is -0.481 e. The lowest BCUT2D eigenvalue weighted by Gasteiger charge is -2.22. The lowest BCUT2D eigenvalue weighted by Crippen LogP contribution is -2.39. The minimum atomic E-state index is -0.647. The predicted octanol–water partition coefficient (Wildman–Crippen LogP) is 1.70. The highest BCUT2D eigenvalue weighted by molar-refractivity contribution is 6.30. The predicted molar refractivity (Wildman–Crippen MR) is 77.2 cm³/mol. The minimum absolute atomic E-state index is 0.0769. The van der Waals surface area contributed by atoms with E-state index in [2.05, 4.69) is 5.16 Å². The van der Waals surface area contributed by atoms with Crippen molar-refractivity contribution in [2.24, 2.45) is 10.9 Å². The third kappa shape index (κ3) is 4.97. The maximum Gasteiger partial charge on any atom is 0.263 e. The fourth-order valence-electron chi connectivity index (χ4n) is 1.55. The largest absolute Gasteiger partial charge is 0.481 e. The van der Waals surface area contributed by atoms with Gasteiger partial charge in [0.25, 0.3) is 5.91 Å². The smallest absolute Gasteiger partial charge is 0.263 e. The molecule has 0 bridgehead atoms. The van der Waals surface area contributed by atoms with Gasteiger partial charge in [0.15, 0.2) is 6.10 Å². The van der Waals surface area contributed by atoms with Crippen LogP contribution in [-0.2, 0) is 4.79 Å². The molecule has 1 aromatic carbocycles. The first-order valence-electron chi connectivity index (χ1n) is 6.07. The number of rotatable bonds is 6. The van der Waals surface area contributed by atoms with Crippen molar-refractivity contribution in [3.63, 3.8) is 0 Å². The number of nitrogens with two attached hydrogens (primary N) is 1. The molecule has 1 unspecified atom stereocenters. The van der Waals surface area contributed by atoms with Crippen LogP contribution < -0.4 is 10.5 Å². The molecule has 7 heteroatoms. The zero-order valence-electron chi connectivity index (χ0n) is 11.4. The van der Waals surface area contributed by atoms with Crippen LogP contribution in [0, 0.1) is 0 Å². The van der Waals surface area contributed by atoms with Gasteiger partial charge < -0.3 is 20.6 Å². The Balaban J connectivity index is 2.54. The normalized spacial score (nSPS) is 12.8. The van der Waals surface area contributed by atoms with Crippen molar-refractivity contribution in [2.75, 3.05) is 13.6 Å². The molecule has 1 atom stereocenters. The molecule has 0 aliphatic heterocycles. The average molecular weight is 300 g/mol. The quantitative estimate of drug-likeness (QED) is 0.362. The van der Waals surface area contributed by atoms with E-state index < -0.39 is 6.10 Å². The van der Waals surface area contributed by atoms with Crippen LogP contribution in [0.25, 0.3) is 0 Å². The lowest BCUT2D eigenvalue weighted by atomic mass is 10.3. The maximum absolute atomic E-state index is 12.1. The summed E-state index contributed by atoms with van der Waals surface area (Å²) in [5.41, 5.74) is 5.35. The first-order chi connectivity index (χ1) is 9.43. The molecule has 0 saturated heterocycles. The fourth-order valence-corrected chi connectivity index (χ4v) is 1.73. The van der Waals surface area contributed by atoms with Gasteiger partial charge in [0.2, 0.25) is 0 Å². The zero-order valence-corrected chi connectivity index (χ0v) is 12.2. The van der Waals surface area contributed by atoms with Crippen molar-refractivity contribution in [1.82, 2.24) is 4.90 Å². The number of hydrogen-bond donors (Lipinski definition) is 2. The van der Waals surface area contributed by atoms with Crippen LogP contribution in [0.2, 0.25) is 5.02 Å². The van der Waals surface area contributed by atoms with Gasteiger partial charge in [-0.2, -0.15) is 0 Å². The third-order valence-electron chi connectivity index (χ3n) is 2.66. The van der Waals surface area contributed by atoms with Crippen molar-refractivity contribution in [3.8, 4) is 5.75 Å². The average Bonchev–Trinajstić information content (AvgIpc) is 2.43. The number of amides is 1. The molecule has 0 aromatic heterocycles. The number of carbonyl (C=O) groups is 1. The Hall–Kier alpha value is -1.95. The van der Waals surface area contributed by atoms with E-state index in [0.29, 0.717) is 23.7 Å². The van der Waals surface area contributed by atoms with Gasteiger partial charge in [-0.15, -0.1) is 0 Å². The molecule has 0 radical (unpaired) electrons. The molecule has 0 fully saturated rings. The SMILES string of the molecule is CC(Oc1cccc(Cl)c1)C(=O)N(C)CCC(N)=NO. The van der Waals surface area contributed by atoms with E-state index in [0.717, 1.165) is 0 Å². The number of hydrogen-bond acceptors (Lipinski definition) is 4. The van der Waals surface area contributed by atoms with Crippen molar-refractivity contribution >= 4 is 23.3 Å². The van der Waals surface area contributed by atoms with E-state index in [-0.39, 0.29) is 11.7 Å². The monoisotopic (exact) mass is 299 g/mol. The highest BCUT2D eigenvalue weighted by Gasteiger charge is 2.19. The molecule has 1 aromatic rings. The van der Waals surface area contributed by atoms with E-state index in [9.17, 15) is 4.79 Å². The Labute approximate surface area is 122 Å². The zero-order chi connectivity index (χ0) is 15.1. The van der Waals surface area contributed by atoms with Crippen molar-refractivity contribution in [2.45, 2.75) is 19.4 Å². The summed E-state index contributed by atoms with van der Waals surface area (Å²) in [7, 11) is 1.63. The van der Waals surface area contributed by atoms with Gasteiger partial charge in [-0.3, -0.25) is 4.79 Å². The second-order valence-corrected chi connectivity index (χ2v) is 4.76. The van der Waals surface area contributed by atoms with Gasteiger partial charge >= 0.3 is 0 Å². The number of carbonyl (C=O) groups excluding carboxylic acids is 1. The molecule has 0 spiro atoms. The molecule has 6 nitrogen and oxygen atoms in total. The summed E-state index contributed by atoms with van der Waals surface area (Å²) >= 11 is 5.84. The Morgan fingerprint density at radius 1 is 1.60 bits per heavy atom. The van der Waals surface area contributed by atoms with Crippen LogP contribution in [0.15, 0.2) is 29.4 Å². The molecule has 1 amide bonds. The first kappa shape index (κ1) is 16.1. The molecule has 1 rings (SSSR count). The first-order valence-corrected chi connectivity index (χ1v) is 6.45. The summed E-state index contributed by atoms with van der Waals surface area (Å²) in [5, 5.41) is 11.8. The van der Waals surface area contributed by atoms with Crippen molar-refractivity contribution in [1.29, 1.82) is 0 Å². The summed E-state index contributed by atoms with van der Waals surface area (Å²) in [4.78, 5) is 13.5. The summed E-state index contributed by atoms with van der Waals surface area (Å²) in [5.74, 6) is 0.409. The number of halogens is 1. The molecule has 0 heterocycles. The Morgan fingerprint density at radius 3 is 2.90 bits per heavy atom. The lowest BCUT2D eigenvalue weighted by molar-refractivity contribution is -0.136. The topological polar surface area (TPSA) is 88.2 Å². The van der Waals surface area contributed by atoms with Gasteiger partial charge in [-0.1, -0.05) is 22.8 Å². The van der Waals surface area contributed by atoms with Crippen molar-refractivity contribution < 1.29 is 14.7 Å². The van der Waals surface area contributed by atoms with E-state index in [4.69, 9.17) is 27.3 Å². The van der Waals surface area contributed by atoms with E-state index in [1.807, 2.05) is 0 Å². The van der Waals surface area contributed by atoms with Crippen LogP contribution in [0.4, 0.5) is 0 Å². The van der Waals surface area contributed by atoms with Gasteiger partial charge in [0.05, 0.1) is 0 Å². The standard InChI is InChI=1S/C13H18ClN3O3/c1-9(20-11-5-3-4-10(14)8-11)13(18)17(2)7-6-12(15)16-19/h3-5,8-9,19H,6-7H2,1-2H3,(H2,15,16). The summed E-state index contributed by atoms with van der Waals surface area (Å²) < 4.78 is 5.52. The molecule has 3 N–H and O–H groups in total. The van der Waals surface area contributed by atoms with E-state index >= 15 is 0 Å². The molecular formula is C13H18ClN3O3. The third-order valence-corrected chi connectivity index (χ3v) is 2.90. The van der Waals surface area contributed by atoms with Gasteiger partial charge in [0, 0.05) is 25.0 Å². The highest BCUT2D eigenvalue weighted by Crippen LogP contribution is 2.18. The number of oxime groups is 1. The summed E-state index contributed by atoms with van der Waals surface area (Å²) in [6.07, 6.45) is -0.353. The summed E-state index contributed by atoms with van der Waals surface area (Å²) in [6.45, 7) is 2.00. The van der Waals surface area contributed by atoms with Gasteiger partial charge in [-0.05, 0) is 25.1 Å². The van der Waals surface area contributed by atoms with Gasteiger partial charge in [-0.25, -0.2) is 0 Å². The fraction of sp³-hybridized carbons (Fsp3) is 0.385. The van der Waals surface area contributed by atoms with Crippen LogP contribution in [0.3, 0.4) is 0 Å². The molecule has 0 aliphatic carbocycles. The molecule has 110 valence electrons. The van der Waals surface area contributed by atoms with Crippen LogP contribution in [0.5, 0.6) is 5.75 Å². The van der Waals surface area contributed by atoms with Crippen LogP contribution in [0.1, 0.15) is 13.3 Å². The highest BCUT2D eigenvalue weighted by atomic mass is 35.5. The van der Waals surface area contributed by atoms with Crippen LogP contribution >= 0.6 is 11.6 Å². The molecule has 0 aliphatic rings. The Kier molecular flexibility index (Phi) is 6.11. The van der Waals surface area contributed by atoms with E-state index in [1.54, 1.807) is 38.2 Å². The molecule has 0 saturated carbocycles.